The Hall–Kier alpha value is -1.95. The lowest BCUT2D eigenvalue weighted by Gasteiger charge is -2.11. The van der Waals surface area contributed by atoms with Gasteiger partial charge in [0.25, 0.3) is 0 Å². The van der Waals surface area contributed by atoms with Gasteiger partial charge in [0.15, 0.2) is 5.78 Å². The van der Waals surface area contributed by atoms with Crippen LogP contribution >= 0.6 is 11.6 Å². The maximum atomic E-state index is 12.7. The number of hydrogen-bond acceptors (Lipinski definition) is 3. The lowest BCUT2D eigenvalue weighted by atomic mass is 10.0. The zero-order chi connectivity index (χ0) is 14.8. The van der Waals surface area contributed by atoms with Crippen LogP contribution in [0.15, 0.2) is 36.8 Å². The molecule has 0 aliphatic carbocycles. The van der Waals surface area contributed by atoms with Gasteiger partial charge >= 0.3 is 6.18 Å². The van der Waals surface area contributed by atoms with Crippen LogP contribution in [0.2, 0.25) is 5.02 Å². The van der Waals surface area contributed by atoms with Gasteiger partial charge in [0.05, 0.1) is 22.7 Å². The number of halogens is 4. The van der Waals surface area contributed by atoms with E-state index in [9.17, 15) is 18.0 Å². The molecule has 20 heavy (non-hydrogen) atoms. The van der Waals surface area contributed by atoms with E-state index in [0.29, 0.717) is 5.69 Å². The smallest absolute Gasteiger partial charge is 0.294 e. The van der Waals surface area contributed by atoms with Crippen molar-refractivity contribution in [2.45, 2.75) is 12.6 Å². The first kappa shape index (κ1) is 14.5. The van der Waals surface area contributed by atoms with E-state index in [1.54, 1.807) is 0 Å². The Balaban J connectivity index is 2.32. The van der Waals surface area contributed by atoms with E-state index in [1.165, 1.54) is 24.7 Å². The second kappa shape index (κ2) is 5.58. The molecule has 3 nitrogen and oxygen atoms in total. The summed E-state index contributed by atoms with van der Waals surface area (Å²) in [5, 5.41) is -0.584. The molecule has 104 valence electrons. The summed E-state index contributed by atoms with van der Waals surface area (Å²) in [6, 6.07) is 4.77. The van der Waals surface area contributed by atoms with Crippen LogP contribution in [0.1, 0.15) is 21.6 Å². The Labute approximate surface area is 117 Å². The van der Waals surface area contributed by atoms with Gasteiger partial charge in [-0.15, -0.1) is 0 Å². The van der Waals surface area contributed by atoms with Crippen molar-refractivity contribution in [3.05, 3.63) is 58.6 Å². The second-order valence-corrected chi connectivity index (χ2v) is 4.34. The molecule has 0 unspecified atom stereocenters. The number of benzene rings is 1. The largest absolute Gasteiger partial charge is 0.417 e. The summed E-state index contributed by atoms with van der Waals surface area (Å²) in [5.41, 5.74) is -0.772. The number of hydrogen-bond donors (Lipinski definition) is 0. The minimum Gasteiger partial charge on any atom is -0.294 e. The first-order chi connectivity index (χ1) is 9.39. The monoisotopic (exact) mass is 300 g/mol. The molecule has 1 aromatic carbocycles. The molecule has 1 heterocycles. The number of alkyl halides is 3. The van der Waals surface area contributed by atoms with Crippen molar-refractivity contribution < 1.29 is 18.0 Å². The molecule has 0 fully saturated rings. The number of Topliss-reactive ketones (excluding diaryl/α,β-unsaturated/α-hetero) is 1. The molecule has 0 saturated heterocycles. The van der Waals surface area contributed by atoms with Gasteiger partial charge in [0, 0.05) is 11.8 Å². The molecule has 0 radical (unpaired) electrons. The minimum atomic E-state index is -4.59. The highest BCUT2D eigenvalue weighted by atomic mass is 35.5. The van der Waals surface area contributed by atoms with Crippen molar-refractivity contribution in [3.8, 4) is 0 Å². The Morgan fingerprint density at radius 1 is 1.25 bits per heavy atom. The van der Waals surface area contributed by atoms with Crippen molar-refractivity contribution in [2.24, 2.45) is 0 Å². The van der Waals surface area contributed by atoms with E-state index in [2.05, 4.69) is 9.97 Å². The standard InChI is InChI=1S/C13H8ClF3N2O/c14-12-9(2-1-3-10(12)13(15,16)17)11(20)6-8-4-5-18-7-19-8/h1-5,7H,6H2. The van der Waals surface area contributed by atoms with E-state index in [4.69, 9.17) is 11.6 Å². The third kappa shape index (κ3) is 3.14. The van der Waals surface area contributed by atoms with E-state index < -0.39 is 22.5 Å². The van der Waals surface area contributed by atoms with Crippen LogP contribution in [0.5, 0.6) is 0 Å². The molecular weight excluding hydrogens is 293 g/mol. The van der Waals surface area contributed by atoms with Gasteiger partial charge in [-0.3, -0.25) is 4.79 Å². The molecule has 7 heteroatoms. The molecule has 0 atom stereocenters. The number of nitrogens with zero attached hydrogens (tertiary/aromatic N) is 2. The van der Waals surface area contributed by atoms with Crippen LogP contribution in [0.25, 0.3) is 0 Å². The molecular formula is C13H8ClF3N2O. The van der Waals surface area contributed by atoms with Crippen LogP contribution in [-0.4, -0.2) is 15.8 Å². The van der Waals surface area contributed by atoms with Crippen LogP contribution in [0.4, 0.5) is 13.2 Å². The van der Waals surface area contributed by atoms with Gasteiger partial charge < -0.3 is 0 Å². The molecule has 2 rings (SSSR count). The summed E-state index contributed by atoms with van der Waals surface area (Å²) in [6.07, 6.45) is -2.02. The molecule has 2 aromatic rings. The fourth-order valence-corrected chi connectivity index (χ4v) is 1.99. The Morgan fingerprint density at radius 3 is 2.60 bits per heavy atom. The fourth-order valence-electron chi connectivity index (χ4n) is 1.65. The summed E-state index contributed by atoms with van der Waals surface area (Å²) in [5.74, 6) is -0.528. The predicted molar refractivity (Wildman–Crippen MR) is 66.5 cm³/mol. The molecule has 0 N–H and O–H groups in total. The zero-order valence-corrected chi connectivity index (χ0v) is 10.7. The number of rotatable bonds is 3. The third-order valence-electron chi connectivity index (χ3n) is 2.59. The number of ketones is 1. The summed E-state index contributed by atoms with van der Waals surface area (Å²) in [4.78, 5) is 19.5. The van der Waals surface area contributed by atoms with Crippen molar-refractivity contribution in [2.75, 3.05) is 0 Å². The summed E-state index contributed by atoms with van der Waals surface area (Å²) < 4.78 is 38.1. The highest BCUT2D eigenvalue weighted by Gasteiger charge is 2.34. The molecule has 0 spiro atoms. The fraction of sp³-hybridized carbons (Fsp3) is 0.154. The molecule has 0 aliphatic heterocycles. The van der Waals surface area contributed by atoms with Crippen molar-refractivity contribution in [3.63, 3.8) is 0 Å². The van der Waals surface area contributed by atoms with Gasteiger partial charge in [-0.25, -0.2) is 9.97 Å². The molecule has 0 aliphatic rings. The molecule has 0 saturated carbocycles. The number of carbonyl (C=O) groups excluding carboxylic acids is 1. The average molecular weight is 301 g/mol. The topological polar surface area (TPSA) is 42.9 Å². The summed E-state index contributed by atoms with van der Waals surface area (Å²) >= 11 is 5.68. The Morgan fingerprint density at radius 2 is 2.00 bits per heavy atom. The maximum Gasteiger partial charge on any atom is 0.417 e. The highest BCUT2D eigenvalue weighted by Crippen LogP contribution is 2.36. The Bertz CT molecular complexity index is 629. The van der Waals surface area contributed by atoms with Crippen LogP contribution < -0.4 is 0 Å². The molecule has 0 amide bonds. The first-order valence-corrected chi connectivity index (χ1v) is 5.91. The van der Waals surface area contributed by atoms with Crippen molar-refractivity contribution >= 4 is 17.4 Å². The third-order valence-corrected chi connectivity index (χ3v) is 3.00. The zero-order valence-electron chi connectivity index (χ0n) is 9.99. The number of carbonyl (C=O) groups is 1. The normalized spacial score (nSPS) is 11.4. The predicted octanol–water partition coefficient (Wildman–Crippen LogP) is 3.57. The van der Waals surface area contributed by atoms with Crippen LogP contribution in [0, 0.1) is 0 Å². The quantitative estimate of drug-likeness (QED) is 0.814. The van der Waals surface area contributed by atoms with E-state index in [-0.39, 0.29) is 12.0 Å². The maximum absolute atomic E-state index is 12.7. The summed E-state index contributed by atoms with van der Waals surface area (Å²) in [7, 11) is 0. The van der Waals surface area contributed by atoms with Crippen LogP contribution in [-0.2, 0) is 12.6 Å². The van der Waals surface area contributed by atoms with Gasteiger partial charge in [0.2, 0.25) is 0 Å². The van der Waals surface area contributed by atoms with Crippen molar-refractivity contribution in [1.82, 2.24) is 9.97 Å². The SMILES string of the molecule is O=C(Cc1ccncn1)c1cccc(C(F)(F)F)c1Cl. The lowest BCUT2D eigenvalue weighted by Crippen LogP contribution is -2.11. The highest BCUT2D eigenvalue weighted by molar-refractivity contribution is 6.34. The Kier molecular flexibility index (Phi) is 4.04. The molecule has 1 aromatic heterocycles. The van der Waals surface area contributed by atoms with Crippen LogP contribution in [0.3, 0.4) is 0 Å². The van der Waals surface area contributed by atoms with Gasteiger partial charge in [-0.1, -0.05) is 17.7 Å². The van der Waals surface area contributed by atoms with Gasteiger partial charge in [0.1, 0.15) is 6.33 Å². The average Bonchev–Trinajstić information content (AvgIpc) is 2.38. The van der Waals surface area contributed by atoms with Crippen molar-refractivity contribution in [1.29, 1.82) is 0 Å². The summed E-state index contributed by atoms with van der Waals surface area (Å²) in [6.45, 7) is 0. The van der Waals surface area contributed by atoms with Gasteiger partial charge in [-0.05, 0) is 18.2 Å². The number of aromatic nitrogens is 2. The molecule has 0 bridgehead atoms. The van der Waals surface area contributed by atoms with E-state index in [1.807, 2.05) is 0 Å². The van der Waals surface area contributed by atoms with E-state index in [0.717, 1.165) is 12.1 Å². The van der Waals surface area contributed by atoms with E-state index >= 15 is 0 Å². The first-order valence-electron chi connectivity index (χ1n) is 5.53. The van der Waals surface area contributed by atoms with Gasteiger partial charge in [-0.2, -0.15) is 13.2 Å². The second-order valence-electron chi connectivity index (χ2n) is 3.97. The minimum absolute atomic E-state index is 0.135. The lowest BCUT2D eigenvalue weighted by molar-refractivity contribution is -0.137.